The number of carbonyl (C=O) groups excluding carboxylic acids is 2. The summed E-state index contributed by atoms with van der Waals surface area (Å²) in [5, 5.41) is 15.5. The maximum atomic E-state index is 12.6. The molecule has 1 aliphatic rings. The first-order chi connectivity index (χ1) is 11.9. The first kappa shape index (κ1) is 17.5. The second-order valence-corrected chi connectivity index (χ2v) is 7.31. The summed E-state index contributed by atoms with van der Waals surface area (Å²) in [7, 11) is 1.69. The molecule has 0 saturated heterocycles. The van der Waals surface area contributed by atoms with E-state index in [2.05, 4.69) is 19.2 Å². The molecule has 1 N–H and O–H groups in total. The minimum atomic E-state index is -1.25. The molecule has 1 aromatic heterocycles. The van der Waals surface area contributed by atoms with Gasteiger partial charge in [-0.25, -0.2) is 0 Å². The second kappa shape index (κ2) is 6.90. The number of carboxylic acid groups (broad SMARTS) is 1. The van der Waals surface area contributed by atoms with Gasteiger partial charge in [-0.15, -0.1) is 0 Å². The van der Waals surface area contributed by atoms with Crippen molar-refractivity contribution in [1.29, 1.82) is 0 Å². The number of hydrogen-bond donors (Lipinski definition) is 1. The van der Waals surface area contributed by atoms with Crippen molar-refractivity contribution in [2.45, 2.75) is 45.6 Å². The largest absolute Gasteiger partial charge is 0.543 e. The molecule has 1 amide bonds. The molecule has 5 nitrogen and oxygen atoms in total. The van der Waals surface area contributed by atoms with Crippen molar-refractivity contribution in [3.8, 4) is 0 Å². The molecule has 3 unspecified atom stereocenters. The van der Waals surface area contributed by atoms with Crippen LogP contribution in [0.3, 0.4) is 0 Å². The monoisotopic (exact) mass is 341 g/mol. The first-order valence-electron chi connectivity index (χ1n) is 8.97. The molecule has 1 saturated carbocycles. The second-order valence-electron chi connectivity index (χ2n) is 7.31. The van der Waals surface area contributed by atoms with E-state index in [-0.39, 0.29) is 24.1 Å². The van der Waals surface area contributed by atoms with Gasteiger partial charge in [0, 0.05) is 24.0 Å². The number of para-hydroxylation sites is 1. The van der Waals surface area contributed by atoms with Crippen LogP contribution in [0.1, 0.15) is 49.2 Å². The molecule has 134 valence electrons. The van der Waals surface area contributed by atoms with Crippen LogP contribution >= 0.6 is 0 Å². The lowest BCUT2D eigenvalue weighted by atomic mass is 9.78. The van der Waals surface area contributed by atoms with E-state index < -0.39 is 5.97 Å². The molecule has 0 aliphatic heterocycles. The van der Waals surface area contributed by atoms with Gasteiger partial charge in [0.1, 0.15) is 0 Å². The van der Waals surface area contributed by atoms with Gasteiger partial charge in [-0.3, -0.25) is 4.79 Å². The Morgan fingerprint density at radius 3 is 2.68 bits per heavy atom. The van der Waals surface area contributed by atoms with Crippen LogP contribution in [0, 0.1) is 11.8 Å². The first-order valence-corrected chi connectivity index (χ1v) is 8.97. The van der Waals surface area contributed by atoms with Gasteiger partial charge < -0.3 is 19.8 Å². The van der Waals surface area contributed by atoms with Crippen molar-refractivity contribution in [1.82, 2.24) is 9.88 Å². The number of aromatic carboxylic acids is 1. The van der Waals surface area contributed by atoms with Gasteiger partial charge in [-0.05, 0) is 29.9 Å². The molecule has 1 heterocycles. The van der Waals surface area contributed by atoms with Crippen molar-refractivity contribution in [2.75, 3.05) is 0 Å². The number of nitrogens with one attached hydrogen (secondary N) is 1. The number of amides is 1. The minimum Gasteiger partial charge on any atom is -0.543 e. The van der Waals surface area contributed by atoms with Gasteiger partial charge >= 0.3 is 0 Å². The highest BCUT2D eigenvalue weighted by molar-refractivity contribution is 6.00. The van der Waals surface area contributed by atoms with Gasteiger partial charge in [0.25, 0.3) is 0 Å². The topological polar surface area (TPSA) is 74.2 Å². The number of fused-ring (bicyclic) bond motifs is 1. The third-order valence-electron chi connectivity index (χ3n) is 5.80. The highest BCUT2D eigenvalue weighted by Gasteiger charge is 2.28. The molecular formula is C20H25N2O3-. The van der Waals surface area contributed by atoms with Crippen molar-refractivity contribution in [3.63, 3.8) is 0 Å². The van der Waals surface area contributed by atoms with Crippen LogP contribution in [0.2, 0.25) is 0 Å². The molecule has 1 aromatic carbocycles. The van der Waals surface area contributed by atoms with E-state index in [1.807, 2.05) is 24.3 Å². The molecule has 0 spiro atoms. The van der Waals surface area contributed by atoms with E-state index in [0.717, 1.165) is 23.7 Å². The quantitative estimate of drug-likeness (QED) is 0.924. The number of rotatable bonds is 4. The van der Waals surface area contributed by atoms with Crippen molar-refractivity contribution in [3.05, 3.63) is 35.5 Å². The molecule has 1 fully saturated rings. The highest BCUT2D eigenvalue weighted by atomic mass is 16.4. The fourth-order valence-electron chi connectivity index (χ4n) is 4.11. The van der Waals surface area contributed by atoms with Crippen LogP contribution < -0.4 is 10.4 Å². The van der Waals surface area contributed by atoms with Gasteiger partial charge in [-0.1, -0.05) is 44.9 Å². The zero-order chi connectivity index (χ0) is 18.1. The molecule has 0 radical (unpaired) electrons. The van der Waals surface area contributed by atoms with Gasteiger partial charge in [0.05, 0.1) is 18.1 Å². The Hall–Kier alpha value is -2.30. The van der Waals surface area contributed by atoms with E-state index in [1.54, 1.807) is 11.6 Å². The van der Waals surface area contributed by atoms with E-state index in [1.165, 1.54) is 6.42 Å². The number of carboxylic acids is 1. The fraction of sp³-hybridized carbons (Fsp3) is 0.500. The van der Waals surface area contributed by atoms with Gasteiger partial charge in [0.15, 0.2) is 0 Å². The van der Waals surface area contributed by atoms with E-state index in [0.29, 0.717) is 17.4 Å². The van der Waals surface area contributed by atoms with Crippen molar-refractivity contribution in [2.24, 2.45) is 18.9 Å². The summed E-state index contributed by atoms with van der Waals surface area (Å²) in [5.74, 6) is -0.341. The predicted octanol–water partition coefficient (Wildman–Crippen LogP) is 2.03. The molecule has 1 aliphatic carbocycles. The Bertz CT molecular complexity index is 809. The summed E-state index contributed by atoms with van der Waals surface area (Å²) in [5.41, 5.74) is 1.41. The summed E-state index contributed by atoms with van der Waals surface area (Å²) in [6, 6.07) is 7.59. The standard InChI is InChI=1S/C20H26N2O3/c1-12-7-6-9-16(13(12)2)21-18(23)11-15-14-8-4-5-10-17(14)22(3)19(15)20(24)25/h4-5,8,10,12-13,16H,6-7,9,11H2,1-3H3,(H,21,23)(H,24,25)/p-1. The maximum absolute atomic E-state index is 12.6. The molecule has 5 heteroatoms. The van der Waals surface area contributed by atoms with Crippen LogP contribution in [0.25, 0.3) is 10.9 Å². The van der Waals surface area contributed by atoms with Crippen molar-refractivity contribution >= 4 is 22.8 Å². The molecule has 3 atom stereocenters. The van der Waals surface area contributed by atoms with Crippen LogP contribution in [-0.2, 0) is 18.3 Å². The SMILES string of the molecule is CC1CCCC(NC(=O)Cc2c(C(=O)[O-])n(C)c3ccccc23)C1C. The van der Waals surface area contributed by atoms with E-state index >= 15 is 0 Å². The number of hydrogen-bond acceptors (Lipinski definition) is 3. The average Bonchev–Trinajstić information content (AvgIpc) is 2.85. The number of carbonyl (C=O) groups is 2. The summed E-state index contributed by atoms with van der Waals surface area (Å²) >= 11 is 0. The Balaban J connectivity index is 1.86. The van der Waals surface area contributed by atoms with E-state index in [4.69, 9.17) is 0 Å². The lowest BCUT2D eigenvalue weighted by Gasteiger charge is -2.34. The minimum absolute atomic E-state index is 0.0578. The van der Waals surface area contributed by atoms with Gasteiger partial charge in [-0.2, -0.15) is 0 Å². The Labute approximate surface area is 148 Å². The number of aromatic nitrogens is 1. The van der Waals surface area contributed by atoms with E-state index in [9.17, 15) is 14.7 Å². The average molecular weight is 341 g/mol. The lowest BCUT2D eigenvalue weighted by molar-refractivity contribution is -0.255. The van der Waals surface area contributed by atoms with Crippen LogP contribution in [-0.4, -0.2) is 22.5 Å². The van der Waals surface area contributed by atoms with Crippen LogP contribution in [0.4, 0.5) is 0 Å². The van der Waals surface area contributed by atoms with Crippen molar-refractivity contribution < 1.29 is 14.7 Å². The molecule has 3 rings (SSSR count). The Morgan fingerprint density at radius 2 is 1.96 bits per heavy atom. The number of nitrogens with zero attached hydrogens (tertiary/aromatic N) is 1. The normalized spacial score (nSPS) is 23.6. The zero-order valence-corrected chi connectivity index (χ0v) is 15.0. The Morgan fingerprint density at radius 1 is 1.24 bits per heavy atom. The molecular weight excluding hydrogens is 316 g/mol. The van der Waals surface area contributed by atoms with Crippen LogP contribution in [0.15, 0.2) is 24.3 Å². The predicted molar refractivity (Wildman–Crippen MR) is 95.1 cm³/mol. The smallest absolute Gasteiger partial charge is 0.224 e. The fourth-order valence-corrected chi connectivity index (χ4v) is 4.11. The number of benzene rings is 1. The summed E-state index contributed by atoms with van der Waals surface area (Å²) < 4.78 is 1.60. The Kier molecular flexibility index (Phi) is 4.84. The van der Waals surface area contributed by atoms with Crippen LogP contribution in [0.5, 0.6) is 0 Å². The maximum Gasteiger partial charge on any atom is 0.224 e. The summed E-state index contributed by atoms with van der Waals surface area (Å²) in [6.07, 6.45) is 3.36. The third-order valence-corrected chi connectivity index (χ3v) is 5.80. The highest BCUT2D eigenvalue weighted by Crippen LogP contribution is 2.30. The number of aryl methyl sites for hydroxylation is 1. The van der Waals surface area contributed by atoms with Gasteiger partial charge in [0.2, 0.25) is 5.91 Å². The molecule has 0 bridgehead atoms. The molecule has 25 heavy (non-hydrogen) atoms. The third kappa shape index (κ3) is 3.28. The summed E-state index contributed by atoms with van der Waals surface area (Å²) in [4.78, 5) is 24.2. The summed E-state index contributed by atoms with van der Waals surface area (Å²) in [6.45, 7) is 4.40. The lowest BCUT2D eigenvalue weighted by Crippen LogP contribution is -2.44. The zero-order valence-electron chi connectivity index (χ0n) is 15.0. The molecule has 2 aromatic rings.